The fourth-order valence-corrected chi connectivity index (χ4v) is 8.43. The summed E-state index contributed by atoms with van der Waals surface area (Å²) in [4.78, 5) is 28.6. The van der Waals surface area contributed by atoms with Crippen LogP contribution in [0.5, 0.6) is 0 Å². The first kappa shape index (κ1) is 23.4. The Labute approximate surface area is 207 Å². The second kappa shape index (κ2) is 7.85. The molecule has 0 unspecified atom stereocenters. The van der Waals surface area contributed by atoms with E-state index in [0.717, 1.165) is 48.9 Å². The number of para-hydroxylation sites is 1. The number of nitrogens with one attached hydrogen (secondary N) is 3. The first-order valence-corrected chi connectivity index (χ1v) is 16.1. The van der Waals surface area contributed by atoms with Crippen LogP contribution < -0.4 is 10.6 Å². The van der Waals surface area contributed by atoms with Crippen LogP contribution in [0, 0.1) is 0 Å². The molecule has 3 amide bonds. The smallest absolute Gasteiger partial charge is 0.309 e. The largest absolute Gasteiger partial charge is 0.322 e. The zero-order valence-electron chi connectivity index (χ0n) is 20.6. The van der Waals surface area contributed by atoms with E-state index in [1.165, 1.54) is 0 Å². The molecular weight excluding hydrogens is 466 g/mol. The van der Waals surface area contributed by atoms with Crippen molar-refractivity contribution in [2.75, 3.05) is 10.6 Å². The number of amides is 3. The maximum atomic E-state index is 13.5. The van der Waals surface area contributed by atoms with Gasteiger partial charge in [0.25, 0.3) is 0 Å². The van der Waals surface area contributed by atoms with Crippen LogP contribution in [0.3, 0.4) is 0 Å². The van der Waals surface area contributed by atoms with Crippen LogP contribution in [0.1, 0.15) is 68.7 Å². The van der Waals surface area contributed by atoms with E-state index in [1.54, 1.807) is 4.90 Å². The maximum Gasteiger partial charge on any atom is 0.322 e. The number of halogens is 1. The number of anilines is 2. The first-order chi connectivity index (χ1) is 16.0. The third-order valence-corrected chi connectivity index (χ3v) is 12.2. The molecule has 2 heterocycles. The first-order valence-electron chi connectivity index (χ1n) is 12.2. The molecule has 182 valence electrons. The molecule has 0 bridgehead atoms. The molecule has 1 aromatic heterocycles. The van der Waals surface area contributed by atoms with Gasteiger partial charge in [0.2, 0.25) is 5.91 Å². The lowest BCUT2D eigenvalue weighted by atomic mass is 9.83. The molecule has 34 heavy (non-hydrogen) atoms. The van der Waals surface area contributed by atoms with Crippen LogP contribution in [0.2, 0.25) is 29.7 Å². The summed E-state index contributed by atoms with van der Waals surface area (Å²) in [5, 5.41) is 14.1. The van der Waals surface area contributed by atoms with E-state index in [0.29, 0.717) is 29.0 Å². The quantitative estimate of drug-likeness (QED) is 0.414. The van der Waals surface area contributed by atoms with Crippen molar-refractivity contribution in [3.63, 3.8) is 0 Å². The highest BCUT2D eigenvalue weighted by Gasteiger charge is 2.54. The number of urea groups is 1. The molecule has 2 aliphatic carbocycles. The summed E-state index contributed by atoms with van der Waals surface area (Å²) in [6, 6.07) is 5.59. The number of carbonyl (C=O) groups excluding carboxylic acids is 2. The normalized spacial score (nSPS) is 20.5. The van der Waals surface area contributed by atoms with E-state index in [-0.39, 0.29) is 17.0 Å². The Morgan fingerprint density at radius 3 is 2.47 bits per heavy atom. The molecule has 5 rings (SSSR count). The standard InChI is InChI=1S/C25H34ClN5O2Si/c1-24(2)20-17(21(30-29-20)28-22(32)25(12-7-13-25)34(3,4)5)14-31(24)23(33)27-19-16(15-10-11-15)8-6-9-18(19)26/h6,8-9,15H,7,10-14H2,1-5H3,(H,27,33)(H2,28,29,30,32). The molecule has 2 fully saturated rings. The fraction of sp³-hybridized carbons (Fsp3) is 0.560. The van der Waals surface area contributed by atoms with E-state index in [9.17, 15) is 9.59 Å². The topological polar surface area (TPSA) is 90.1 Å². The van der Waals surface area contributed by atoms with E-state index in [2.05, 4.69) is 40.5 Å². The molecule has 0 saturated heterocycles. The van der Waals surface area contributed by atoms with Gasteiger partial charge >= 0.3 is 6.03 Å². The lowest BCUT2D eigenvalue weighted by molar-refractivity contribution is -0.121. The molecule has 2 aromatic rings. The summed E-state index contributed by atoms with van der Waals surface area (Å²) in [6.45, 7) is 11.1. The number of nitrogens with zero attached hydrogens (tertiary/aromatic N) is 2. The van der Waals surface area contributed by atoms with Crippen LogP contribution in [-0.2, 0) is 16.9 Å². The van der Waals surface area contributed by atoms with Crippen LogP contribution in [0.4, 0.5) is 16.3 Å². The summed E-state index contributed by atoms with van der Waals surface area (Å²) in [6.07, 6.45) is 5.24. The monoisotopic (exact) mass is 499 g/mol. The van der Waals surface area contributed by atoms with E-state index < -0.39 is 13.6 Å². The van der Waals surface area contributed by atoms with Crippen LogP contribution in [0.15, 0.2) is 18.2 Å². The number of hydrogen-bond acceptors (Lipinski definition) is 3. The number of H-pyrrole nitrogens is 1. The average Bonchev–Trinajstić information content (AvgIpc) is 3.40. The molecular formula is C25H34ClN5O2Si. The van der Waals surface area contributed by atoms with Crippen molar-refractivity contribution in [2.45, 2.75) is 88.6 Å². The van der Waals surface area contributed by atoms with Gasteiger partial charge in [0, 0.05) is 10.6 Å². The molecule has 0 atom stereocenters. The lowest BCUT2D eigenvalue weighted by Gasteiger charge is -2.48. The summed E-state index contributed by atoms with van der Waals surface area (Å²) in [7, 11) is -1.70. The number of hydrogen-bond donors (Lipinski definition) is 3. The highest BCUT2D eigenvalue weighted by atomic mass is 35.5. The maximum absolute atomic E-state index is 13.5. The number of benzene rings is 1. The Kier molecular flexibility index (Phi) is 5.41. The number of carbonyl (C=O) groups is 2. The van der Waals surface area contributed by atoms with E-state index in [1.807, 2.05) is 32.0 Å². The highest BCUT2D eigenvalue weighted by molar-refractivity contribution is 6.83. The molecule has 0 radical (unpaired) electrons. The predicted molar refractivity (Wildman–Crippen MR) is 138 cm³/mol. The van der Waals surface area contributed by atoms with Crippen LogP contribution in [-0.4, -0.2) is 35.1 Å². The van der Waals surface area contributed by atoms with Crippen molar-refractivity contribution in [3.8, 4) is 0 Å². The molecule has 3 N–H and O–H groups in total. The Balaban J connectivity index is 1.37. The van der Waals surface area contributed by atoms with Gasteiger partial charge in [-0.15, -0.1) is 0 Å². The third kappa shape index (κ3) is 3.57. The Hall–Kier alpha value is -2.32. The third-order valence-electron chi connectivity index (χ3n) is 8.32. The summed E-state index contributed by atoms with van der Waals surface area (Å²) < 4.78 is 0. The average molecular weight is 500 g/mol. The second-order valence-corrected chi connectivity index (χ2v) is 17.5. The van der Waals surface area contributed by atoms with Crippen molar-refractivity contribution in [1.29, 1.82) is 0 Å². The molecule has 1 aliphatic heterocycles. The highest BCUT2D eigenvalue weighted by Crippen LogP contribution is 2.56. The van der Waals surface area contributed by atoms with E-state index >= 15 is 0 Å². The fourth-order valence-electron chi connectivity index (χ4n) is 5.60. The van der Waals surface area contributed by atoms with Crippen molar-refractivity contribution >= 4 is 43.1 Å². The minimum atomic E-state index is -1.70. The van der Waals surface area contributed by atoms with Gasteiger partial charge in [-0.3, -0.25) is 9.89 Å². The number of aromatic amines is 1. The summed E-state index contributed by atoms with van der Waals surface area (Å²) in [5.74, 6) is 1.09. The van der Waals surface area contributed by atoms with Crippen molar-refractivity contribution in [3.05, 3.63) is 40.0 Å². The number of aromatic nitrogens is 2. The van der Waals surface area contributed by atoms with Crippen molar-refractivity contribution < 1.29 is 9.59 Å². The molecule has 2 saturated carbocycles. The minimum absolute atomic E-state index is 0.0815. The Bertz CT molecular complexity index is 1160. The number of fused-ring (bicyclic) bond motifs is 1. The molecule has 9 heteroatoms. The van der Waals surface area contributed by atoms with Gasteiger partial charge in [0.05, 0.1) is 36.6 Å². The lowest BCUT2D eigenvalue weighted by Crippen LogP contribution is -2.52. The van der Waals surface area contributed by atoms with Gasteiger partial charge in [-0.25, -0.2) is 4.79 Å². The van der Waals surface area contributed by atoms with Gasteiger partial charge in [-0.1, -0.05) is 49.8 Å². The van der Waals surface area contributed by atoms with Gasteiger partial charge in [0.15, 0.2) is 5.82 Å². The van der Waals surface area contributed by atoms with Gasteiger partial charge in [-0.2, -0.15) is 5.10 Å². The molecule has 0 spiro atoms. The Morgan fingerprint density at radius 2 is 1.88 bits per heavy atom. The Morgan fingerprint density at radius 1 is 1.18 bits per heavy atom. The molecule has 7 nitrogen and oxygen atoms in total. The summed E-state index contributed by atoms with van der Waals surface area (Å²) in [5.41, 5.74) is 2.93. The SMILES string of the molecule is CC1(C)c2[nH]nc(NC(=O)C3([Si](C)(C)C)CCC3)c2CN1C(=O)Nc1c(Cl)cccc1C1CC1. The summed E-state index contributed by atoms with van der Waals surface area (Å²) >= 11 is 6.48. The van der Waals surface area contributed by atoms with Gasteiger partial charge < -0.3 is 15.5 Å². The zero-order valence-corrected chi connectivity index (χ0v) is 22.4. The van der Waals surface area contributed by atoms with Crippen LogP contribution in [0.25, 0.3) is 0 Å². The minimum Gasteiger partial charge on any atom is -0.309 e. The van der Waals surface area contributed by atoms with Crippen LogP contribution >= 0.6 is 11.6 Å². The number of rotatable bonds is 5. The van der Waals surface area contributed by atoms with Gasteiger partial charge in [-0.05, 0) is 57.1 Å². The molecule has 1 aromatic carbocycles. The van der Waals surface area contributed by atoms with E-state index in [4.69, 9.17) is 11.6 Å². The predicted octanol–water partition coefficient (Wildman–Crippen LogP) is 6.42. The second-order valence-electron chi connectivity index (χ2n) is 11.6. The van der Waals surface area contributed by atoms with Gasteiger partial charge in [0.1, 0.15) is 0 Å². The molecule has 3 aliphatic rings. The van der Waals surface area contributed by atoms with Crippen molar-refractivity contribution in [2.24, 2.45) is 0 Å². The zero-order chi connectivity index (χ0) is 24.5. The van der Waals surface area contributed by atoms with Crippen molar-refractivity contribution in [1.82, 2.24) is 15.1 Å².